The zero-order valence-electron chi connectivity index (χ0n) is 13.5. The first-order valence-corrected chi connectivity index (χ1v) is 9.67. The third kappa shape index (κ3) is 2.60. The predicted octanol–water partition coefficient (Wildman–Crippen LogP) is 1.01. The molecule has 2 atom stereocenters. The number of amides is 2. The Morgan fingerprint density at radius 2 is 2.12 bits per heavy atom. The summed E-state index contributed by atoms with van der Waals surface area (Å²) in [7, 11) is -3.71. The number of hydrogen-bond acceptors (Lipinski definition) is 5. The van der Waals surface area contributed by atoms with Gasteiger partial charge in [0, 0.05) is 12.7 Å². The molecule has 3 heterocycles. The summed E-state index contributed by atoms with van der Waals surface area (Å²) in [5.74, 6) is -1.28. The van der Waals surface area contributed by atoms with Crippen LogP contribution in [-0.4, -0.2) is 53.3 Å². The van der Waals surface area contributed by atoms with Crippen LogP contribution >= 0.6 is 0 Å². The van der Waals surface area contributed by atoms with Crippen LogP contribution < -0.4 is 0 Å². The predicted molar refractivity (Wildman–Crippen MR) is 87.2 cm³/mol. The van der Waals surface area contributed by atoms with Gasteiger partial charge in [-0.3, -0.25) is 14.6 Å². The molecule has 1 aromatic heterocycles. The van der Waals surface area contributed by atoms with Gasteiger partial charge in [0.15, 0.2) is 0 Å². The highest BCUT2D eigenvalue weighted by Crippen LogP contribution is 2.40. The highest BCUT2D eigenvalue weighted by Gasteiger charge is 2.53. The average Bonchev–Trinajstić information content (AvgIpc) is 3.06. The summed E-state index contributed by atoms with van der Waals surface area (Å²) >= 11 is 0. The number of carbonyl (C=O) groups is 2. The molecule has 2 aliphatic rings. The van der Waals surface area contributed by atoms with Crippen LogP contribution in [0.4, 0.5) is 0 Å². The molecule has 0 N–H and O–H groups in total. The molecule has 0 aliphatic carbocycles. The van der Waals surface area contributed by atoms with Gasteiger partial charge in [0.1, 0.15) is 5.69 Å². The van der Waals surface area contributed by atoms with Gasteiger partial charge in [0.2, 0.25) is 15.9 Å². The Morgan fingerprint density at radius 1 is 1.38 bits per heavy atom. The number of fused-ring (bicyclic) bond motifs is 1. The Hall–Kier alpha value is -2.22. The van der Waals surface area contributed by atoms with Crippen LogP contribution in [0.3, 0.4) is 0 Å². The first-order valence-electron chi connectivity index (χ1n) is 7.82. The Bertz CT molecular complexity index is 804. The number of aromatic nitrogens is 1. The topological polar surface area (TPSA) is 87.7 Å². The molecule has 7 nitrogen and oxygen atoms in total. The van der Waals surface area contributed by atoms with Crippen molar-refractivity contribution < 1.29 is 18.0 Å². The largest absolute Gasteiger partial charge is 0.324 e. The van der Waals surface area contributed by atoms with Crippen LogP contribution in [0.25, 0.3) is 0 Å². The van der Waals surface area contributed by atoms with Gasteiger partial charge in [0.05, 0.1) is 23.9 Å². The van der Waals surface area contributed by atoms with Gasteiger partial charge in [0.25, 0.3) is 5.91 Å². The lowest BCUT2D eigenvalue weighted by molar-refractivity contribution is -0.127. The summed E-state index contributed by atoms with van der Waals surface area (Å²) in [5.41, 5.74) is 0.679. The lowest BCUT2D eigenvalue weighted by atomic mass is 9.96. The lowest BCUT2D eigenvalue weighted by Crippen LogP contribution is -2.41. The Labute approximate surface area is 141 Å². The van der Waals surface area contributed by atoms with E-state index in [4.69, 9.17) is 0 Å². The molecule has 1 aromatic rings. The van der Waals surface area contributed by atoms with Crippen molar-refractivity contribution in [2.45, 2.75) is 25.8 Å². The standard InChI is InChI=1S/C16H19N3O4S/c1-3-6-11-14-13(19(15(11)20)24(2,22)23)8-10-18(14)16(21)12-7-4-5-9-17-12/h4-5,7-9,11,14H,3,6,10H2,1-2H3/t11-,14-/m1/s1. The van der Waals surface area contributed by atoms with Gasteiger partial charge in [-0.2, -0.15) is 0 Å². The van der Waals surface area contributed by atoms with Crippen molar-refractivity contribution in [3.05, 3.63) is 41.9 Å². The smallest absolute Gasteiger partial charge is 0.273 e. The summed E-state index contributed by atoms with van der Waals surface area (Å²) in [5, 5.41) is 0. The van der Waals surface area contributed by atoms with E-state index in [0.29, 0.717) is 12.1 Å². The van der Waals surface area contributed by atoms with Crippen LogP contribution in [0.2, 0.25) is 0 Å². The van der Waals surface area contributed by atoms with E-state index in [0.717, 1.165) is 17.0 Å². The molecule has 0 spiro atoms. The van der Waals surface area contributed by atoms with E-state index in [-0.39, 0.29) is 18.1 Å². The molecule has 1 fully saturated rings. The highest BCUT2D eigenvalue weighted by atomic mass is 32.2. The second kappa shape index (κ2) is 6.01. The van der Waals surface area contributed by atoms with Crippen molar-refractivity contribution >= 4 is 21.8 Å². The third-order valence-corrected chi connectivity index (χ3v) is 5.40. The quantitative estimate of drug-likeness (QED) is 0.809. The molecule has 2 amide bonds. The summed E-state index contributed by atoms with van der Waals surface area (Å²) in [4.78, 5) is 31.0. The normalized spacial score (nSPS) is 23.4. The van der Waals surface area contributed by atoms with E-state index in [9.17, 15) is 18.0 Å². The molecule has 24 heavy (non-hydrogen) atoms. The highest BCUT2D eigenvalue weighted by molar-refractivity contribution is 7.89. The first kappa shape index (κ1) is 16.6. The van der Waals surface area contributed by atoms with E-state index >= 15 is 0 Å². The molecular weight excluding hydrogens is 330 g/mol. The second-order valence-electron chi connectivity index (χ2n) is 6.01. The maximum atomic E-state index is 12.8. The Kier molecular flexibility index (Phi) is 4.16. The van der Waals surface area contributed by atoms with Crippen LogP contribution in [-0.2, 0) is 14.8 Å². The van der Waals surface area contributed by atoms with E-state index in [2.05, 4.69) is 4.98 Å². The van der Waals surface area contributed by atoms with Crippen molar-refractivity contribution in [3.8, 4) is 0 Å². The van der Waals surface area contributed by atoms with E-state index < -0.39 is 27.9 Å². The van der Waals surface area contributed by atoms with E-state index in [1.165, 1.54) is 6.20 Å². The maximum Gasteiger partial charge on any atom is 0.273 e. The van der Waals surface area contributed by atoms with Gasteiger partial charge in [-0.05, 0) is 24.6 Å². The molecule has 128 valence electrons. The Balaban J connectivity index is 1.98. The molecular formula is C16H19N3O4S. The number of pyridine rings is 1. The second-order valence-corrected chi connectivity index (χ2v) is 7.84. The zero-order valence-corrected chi connectivity index (χ0v) is 14.4. The van der Waals surface area contributed by atoms with Crippen LogP contribution in [0, 0.1) is 5.92 Å². The number of rotatable bonds is 4. The molecule has 0 bridgehead atoms. The molecule has 0 radical (unpaired) electrons. The van der Waals surface area contributed by atoms with Crippen molar-refractivity contribution in [1.29, 1.82) is 0 Å². The number of hydrogen-bond donors (Lipinski definition) is 0. The maximum absolute atomic E-state index is 12.8. The molecule has 0 saturated carbocycles. The van der Waals surface area contributed by atoms with Gasteiger partial charge < -0.3 is 4.90 Å². The average molecular weight is 349 g/mol. The zero-order chi connectivity index (χ0) is 17.5. The number of sulfonamides is 1. The fourth-order valence-corrected chi connectivity index (χ4v) is 4.45. The summed E-state index contributed by atoms with van der Waals surface area (Å²) in [6, 6.07) is 4.51. The SMILES string of the molecule is CCC[C@H]1C(=O)N(S(C)(=O)=O)C2=CCN(C(=O)c3ccccn3)[C@@H]21. The van der Waals surface area contributed by atoms with E-state index in [1.54, 1.807) is 29.2 Å². The summed E-state index contributed by atoms with van der Waals surface area (Å²) in [6.45, 7) is 2.20. The lowest BCUT2D eigenvalue weighted by Gasteiger charge is -2.26. The van der Waals surface area contributed by atoms with Gasteiger partial charge in [-0.15, -0.1) is 0 Å². The van der Waals surface area contributed by atoms with Crippen molar-refractivity contribution in [1.82, 2.24) is 14.2 Å². The number of nitrogens with zero attached hydrogens (tertiary/aromatic N) is 3. The fourth-order valence-electron chi connectivity index (χ4n) is 3.42. The van der Waals surface area contributed by atoms with Gasteiger partial charge >= 0.3 is 0 Å². The van der Waals surface area contributed by atoms with E-state index in [1.807, 2.05) is 6.92 Å². The molecule has 1 saturated heterocycles. The minimum Gasteiger partial charge on any atom is -0.324 e. The fraction of sp³-hybridized carbons (Fsp3) is 0.438. The van der Waals surface area contributed by atoms with Crippen LogP contribution in [0.15, 0.2) is 36.2 Å². The van der Waals surface area contributed by atoms with Crippen LogP contribution in [0.5, 0.6) is 0 Å². The van der Waals surface area contributed by atoms with Crippen LogP contribution in [0.1, 0.15) is 30.3 Å². The monoisotopic (exact) mass is 349 g/mol. The molecule has 0 aromatic carbocycles. The van der Waals surface area contributed by atoms with Crippen molar-refractivity contribution in [2.24, 2.45) is 5.92 Å². The molecule has 8 heteroatoms. The third-order valence-electron chi connectivity index (χ3n) is 4.35. The van der Waals surface area contributed by atoms with Crippen molar-refractivity contribution in [3.63, 3.8) is 0 Å². The minimum absolute atomic E-state index is 0.273. The van der Waals surface area contributed by atoms with Gasteiger partial charge in [-0.25, -0.2) is 12.7 Å². The summed E-state index contributed by atoms with van der Waals surface area (Å²) in [6.07, 6.45) is 5.45. The molecule has 0 unspecified atom stereocenters. The first-order chi connectivity index (χ1) is 11.4. The molecule has 2 aliphatic heterocycles. The Morgan fingerprint density at radius 3 is 2.71 bits per heavy atom. The summed E-state index contributed by atoms with van der Waals surface area (Å²) < 4.78 is 24.9. The minimum atomic E-state index is -3.71. The molecule has 3 rings (SSSR count). The number of carbonyl (C=O) groups excluding carboxylic acids is 2. The van der Waals surface area contributed by atoms with Gasteiger partial charge in [-0.1, -0.05) is 19.4 Å². The van der Waals surface area contributed by atoms with Crippen molar-refractivity contribution in [2.75, 3.05) is 12.8 Å².